The van der Waals surface area contributed by atoms with E-state index in [1.807, 2.05) is 92.7 Å². The molecule has 0 spiro atoms. The van der Waals surface area contributed by atoms with Crippen molar-refractivity contribution >= 4 is 358 Å². The SMILES string of the molecule is CC.CC.CCC.C[SiH](C)C.C[SiH](C)C.C[SiH](C)C.C[SiH](O[Si](=O)[Si](=O)[Si](=O)[Si](=O)[Si](=O)[Si](=O)[Si](=O)[Si](=O)[Si](=O)[Si](=O)[Si](=O)[Si](=O)[Si](=O)[Si](=O)[Si](=O)[Si](=O)[Si](=O)[Si](=O)[SiH]=O)O[Si](C)(C)C.C[SiH]=O.C[Si](C)(C)O.C[Si](C)(C)O.C[Si](C)(C)O.C[Si](C)(C)O[Si](C)(CCC#N)[Si](=O)[Si](=O)[Si](=O)[Si](=O)[Si](=O)[Si](=O)[Si](=O)[Si](=O)[SiH]=O.C[Si](C)=O.O=[SiH2].O=[SiH][Si](=O)[SiH]=O. The third-order valence-electron chi connectivity index (χ3n) is 7.93. The minimum absolute atomic E-state index is 0.0209. The van der Waals surface area contributed by atoms with E-state index >= 15 is 0 Å². The van der Waals surface area contributed by atoms with E-state index in [2.05, 4.69) is 72.8 Å². The predicted molar refractivity (Wildman–Crippen MR) is 526 cm³/mol. The first-order valence-corrected chi connectivity index (χ1v) is 146. The molecular formula is C39H125NO40Si44. The van der Waals surface area contributed by atoms with Crippen molar-refractivity contribution in [1.29, 1.82) is 5.26 Å². The van der Waals surface area contributed by atoms with E-state index < -0.39 is 322 Å². The summed E-state index contributed by atoms with van der Waals surface area (Å²) in [6.45, 7) is 68.6. The average Bonchev–Trinajstić information content (AvgIpc) is 0.805. The van der Waals surface area contributed by atoms with Gasteiger partial charge < -0.3 is 178 Å². The lowest BCUT2D eigenvalue weighted by atomic mass is 10.6. The van der Waals surface area contributed by atoms with Crippen LogP contribution in [0.5, 0.6) is 0 Å². The van der Waals surface area contributed by atoms with Gasteiger partial charge in [-0.3, -0.25) is 0 Å². The van der Waals surface area contributed by atoms with Crippen molar-refractivity contribution in [3.05, 3.63) is 0 Å². The summed E-state index contributed by atoms with van der Waals surface area (Å²) >= 11 is 0. The van der Waals surface area contributed by atoms with Gasteiger partial charge in [-0.2, -0.15) is 5.26 Å². The maximum Gasteiger partial charge on any atom is 0.533 e. The quantitative estimate of drug-likeness (QED) is 0.0495. The summed E-state index contributed by atoms with van der Waals surface area (Å²) in [6, 6.07) is 1.96. The van der Waals surface area contributed by atoms with E-state index in [0.717, 1.165) is 0 Å². The van der Waals surface area contributed by atoms with Crippen molar-refractivity contribution in [3.8, 4) is 6.07 Å². The Morgan fingerprint density at radius 1 is 0.347 bits per heavy atom. The van der Waals surface area contributed by atoms with Gasteiger partial charge in [0.15, 0.2) is 41.6 Å². The predicted octanol–water partition coefficient (Wildman–Crippen LogP) is -4.35. The average molecular weight is 2480 g/mol. The molecule has 0 aliphatic carbocycles. The molecule has 0 radical (unpaired) electrons. The van der Waals surface area contributed by atoms with Crippen LogP contribution in [0, 0.1) is 11.3 Å². The van der Waals surface area contributed by atoms with Gasteiger partial charge in [0.2, 0.25) is 18.0 Å². The molecule has 2 atom stereocenters. The summed E-state index contributed by atoms with van der Waals surface area (Å²) in [5.74, 6) is 0. The van der Waals surface area contributed by atoms with Crippen LogP contribution in [-0.2, 0) is 164 Å². The zero-order valence-electron chi connectivity index (χ0n) is 77.4. The van der Waals surface area contributed by atoms with E-state index in [1.54, 1.807) is 58.9 Å². The van der Waals surface area contributed by atoms with E-state index in [1.165, 1.54) is 19.5 Å². The Balaban J connectivity index is -0.0000000983. The molecular weight excluding hydrogens is 2360 g/mol. The van der Waals surface area contributed by atoms with Gasteiger partial charge in [-0.1, -0.05) is 107 Å². The number of rotatable bonds is 37. The molecule has 0 saturated carbocycles. The first-order chi connectivity index (χ1) is 55.5. The maximum absolute atomic E-state index is 12.9. The highest BCUT2D eigenvalue weighted by atomic mass is 30.1. The van der Waals surface area contributed by atoms with Gasteiger partial charge in [0.1, 0.15) is 0 Å². The van der Waals surface area contributed by atoms with Gasteiger partial charge in [0.25, 0.3) is 18.1 Å². The molecule has 85 heteroatoms. The molecule has 0 aromatic heterocycles. The van der Waals surface area contributed by atoms with Crippen LogP contribution >= 0.6 is 0 Å². The van der Waals surface area contributed by atoms with Gasteiger partial charge in [-0.15, -0.1) is 0 Å². The molecule has 0 aliphatic rings. The summed E-state index contributed by atoms with van der Waals surface area (Å²) < 4.78 is 412. The van der Waals surface area contributed by atoms with E-state index in [4.69, 9.17) is 40.9 Å². The Bertz CT molecular complexity index is 3810. The zero-order valence-corrected chi connectivity index (χ0v) is 123. The summed E-state index contributed by atoms with van der Waals surface area (Å²) in [7, 11) is -128. The molecule has 0 aromatic carbocycles. The highest BCUT2D eigenvalue weighted by molar-refractivity contribution is 7.82. The summed E-state index contributed by atoms with van der Waals surface area (Å²) in [5.41, 5.74) is 0. The second kappa shape index (κ2) is 90.0. The van der Waals surface area contributed by atoms with Crippen LogP contribution in [-0.4, -0.2) is 373 Å². The molecule has 124 heavy (non-hydrogen) atoms. The molecule has 0 rings (SSSR count). The van der Waals surface area contributed by atoms with Crippen LogP contribution in [0.3, 0.4) is 0 Å². The summed E-state index contributed by atoms with van der Waals surface area (Å²) in [6.07, 6.45) is 1.23. The van der Waals surface area contributed by atoms with Crippen molar-refractivity contribution in [2.75, 3.05) is 0 Å². The van der Waals surface area contributed by atoms with E-state index in [0.29, 0.717) is 10.1 Å². The maximum atomic E-state index is 12.9. The van der Waals surface area contributed by atoms with Crippen molar-refractivity contribution in [3.63, 3.8) is 0 Å². The molecule has 0 fully saturated rings. The molecule has 3 N–H and O–H groups in total. The number of hydrogen-bond donors (Lipinski definition) is 3. The standard InChI is InChI=1S/C7H17NO10Si11.C4H14O21Si21.3C3H10OSi.3C3H10Si.C3H8.C2H6OSi.2C2H6.CH4OSi.H2O3Si3.H2OSi/c1-28(2,3)18-29(4,7-5-6-8)27(17)26(16)25(15)24(14)23(13)22(12)21(11)20(10)19-9;1-27(25-46(2,3)4)24-28(6)30(8)32(10)34(12)36(14)38(16)40(18)42(20)44(22)45(23)43(21)41(19)39(17)37(15)35(13)33(11)31(9)29(7)26-5;3*1-5(2,3)4;3*1-4(2)3;1-3-2;1-4(2)3;2*1-2;1-3-2;1-4-6(3)5-2;1-2/h19H,5,7H2,1-4H3;26-27H,1-4H3;3*4H,1-3H3;3*4H,1-3H3;3H2,1-2H3;1-2H3;2*1-2H3;3H,1H3;4-5H;2H2. The third kappa shape index (κ3) is 108. The van der Waals surface area contributed by atoms with Crippen LogP contribution in [0.1, 0.15) is 54.4 Å². The fourth-order valence-electron chi connectivity index (χ4n) is 4.56. The molecule has 41 nitrogen and oxygen atoms in total. The van der Waals surface area contributed by atoms with Gasteiger partial charge in [-0.05, 0) is 137 Å². The number of nitrogens with zero attached hydrogens (tertiary/aromatic N) is 1. The fourth-order valence-corrected chi connectivity index (χ4v) is 313. The minimum Gasteiger partial charge on any atom is -0.560 e. The Hall–Kier alpha value is 1.83. The van der Waals surface area contributed by atoms with Crippen LogP contribution in [0.2, 0.25) is 196 Å². The second-order valence-electron chi connectivity index (χ2n) is 30.0. The first-order valence-electron chi connectivity index (χ1n) is 36.7. The first kappa shape index (κ1) is 160. The number of hydrogen-bond acceptors (Lipinski definition) is 41. The minimum atomic E-state index is -4.39. The van der Waals surface area contributed by atoms with Crippen LogP contribution in [0.4, 0.5) is 0 Å². The molecule has 0 aliphatic heterocycles. The summed E-state index contributed by atoms with van der Waals surface area (Å²) in [4.78, 5) is 26.0. The Kier molecular flexibility index (Phi) is 116. The van der Waals surface area contributed by atoms with Crippen molar-refractivity contribution in [1.82, 2.24) is 0 Å². The highest BCUT2D eigenvalue weighted by Gasteiger charge is 2.57. The topological polar surface area (TPSA) is 693 Å². The smallest absolute Gasteiger partial charge is 0.533 e. The largest absolute Gasteiger partial charge is 0.560 e. The monoisotopic (exact) mass is 2480 g/mol. The van der Waals surface area contributed by atoms with E-state index in [9.17, 15) is 143 Å². The number of nitriles is 1. The molecule has 0 heterocycles. The van der Waals surface area contributed by atoms with Gasteiger partial charge >= 0.3 is 254 Å². The van der Waals surface area contributed by atoms with Crippen LogP contribution in [0.25, 0.3) is 0 Å². The van der Waals surface area contributed by atoms with Crippen molar-refractivity contribution in [2.45, 2.75) is 250 Å². The second-order valence-corrected chi connectivity index (χ2v) is 209. The lowest BCUT2D eigenvalue weighted by Crippen LogP contribution is -2.60. The van der Waals surface area contributed by atoms with Gasteiger partial charge in [-0.25, -0.2) is 0 Å². The normalized spacial score (nSPS) is 10.3. The summed E-state index contributed by atoms with van der Waals surface area (Å²) in [5, 5.41) is 8.82. The third-order valence-corrected chi connectivity index (χ3v) is 228. The van der Waals surface area contributed by atoms with Crippen molar-refractivity contribution < 1.29 is 178 Å². The molecule has 2 unspecified atom stereocenters. The highest BCUT2D eigenvalue weighted by Crippen LogP contribution is 2.21. The molecule has 702 valence electrons. The Morgan fingerprint density at radius 2 is 0.508 bits per heavy atom. The lowest BCUT2D eigenvalue weighted by Gasteiger charge is -2.31. The zero-order chi connectivity index (χ0) is 104. The molecule has 0 amide bonds. The van der Waals surface area contributed by atoms with Crippen LogP contribution < -0.4 is 0 Å². The van der Waals surface area contributed by atoms with Gasteiger partial charge in [0.05, 0.1) is 6.07 Å². The van der Waals surface area contributed by atoms with Crippen molar-refractivity contribution in [2.24, 2.45) is 0 Å². The molecule has 0 saturated heterocycles. The van der Waals surface area contributed by atoms with E-state index in [-0.39, 0.29) is 38.9 Å². The Labute approximate surface area is 789 Å². The fraction of sp³-hybridized carbons (Fsp3) is 0.974. The lowest BCUT2D eigenvalue weighted by molar-refractivity contribution is 0.403. The molecule has 0 bridgehead atoms. The Morgan fingerprint density at radius 3 is 0.645 bits per heavy atom. The molecule has 0 aromatic rings. The van der Waals surface area contributed by atoms with Crippen LogP contribution in [0.15, 0.2) is 0 Å². The van der Waals surface area contributed by atoms with Gasteiger partial charge in [0, 0.05) is 32.8 Å².